The Morgan fingerprint density at radius 3 is 1.93 bits per heavy atom. The molecule has 2 nitrogen and oxygen atoms in total. The normalized spacial score (nSPS) is 12.0. The fraction of sp³-hybridized carbons (Fsp3) is 0.0189. The average molecular weight is 706 g/mol. The molecule has 55 heavy (non-hydrogen) atoms. The van der Waals surface area contributed by atoms with Gasteiger partial charge in [-0.25, -0.2) is 0 Å². The summed E-state index contributed by atoms with van der Waals surface area (Å²) in [6.45, 7) is 6.28. The van der Waals surface area contributed by atoms with E-state index >= 15 is 0 Å². The topological polar surface area (TPSA) is 16.4 Å². The number of allylic oxidation sites excluding steroid dienone is 5. The van der Waals surface area contributed by atoms with Crippen LogP contribution < -0.4 is 4.90 Å². The number of para-hydroxylation sites is 1. The molecule has 9 rings (SSSR count). The molecule has 0 aliphatic carbocycles. The van der Waals surface area contributed by atoms with Crippen LogP contribution >= 0.6 is 0 Å². The number of rotatable bonds is 9. The van der Waals surface area contributed by atoms with Gasteiger partial charge < -0.3 is 9.32 Å². The van der Waals surface area contributed by atoms with E-state index in [1.807, 2.05) is 18.2 Å². The van der Waals surface area contributed by atoms with Crippen LogP contribution in [0.5, 0.6) is 0 Å². The minimum atomic E-state index is 0.896. The lowest BCUT2D eigenvalue weighted by atomic mass is 9.95. The molecule has 0 radical (unpaired) electrons. The largest absolute Gasteiger partial charge is 0.456 e. The first-order chi connectivity index (χ1) is 27.1. The maximum Gasteiger partial charge on any atom is 0.136 e. The van der Waals surface area contributed by atoms with Crippen LogP contribution in [-0.4, -0.2) is 0 Å². The molecule has 0 aliphatic heterocycles. The molecule has 0 spiro atoms. The van der Waals surface area contributed by atoms with Crippen molar-refractivity contribution < 1.29 is 4.42 Å². The van der Waals surface area contributed by atoms with Crippen LogP contribution in [0, 0.1) is 0 Å². The summed E-state index contributed by atoms with van der Waals surface area (Å²) < 4.78 is 6.23. The van der Waals surface area contributed by atoms with Crippen LogP contribution in [0.25, 0.3) is 66.1 Å². The van der Waals surface area contributed by atoms with Crippen molar-refractivity contribution in [3.8, 4) is 22.3 Å². The van der Waals surface area contributed by atoms with Gasteiger partial charge in [0.25, 0.3) is 0 Å². The molecule has 262 valence electrons. The van der Waals surface area contributed by atoms with Gasteiger partial charge in [0.1, 0.15) is 11.2 Å². The number of furan rings is 1. The molecule has 2 heteroatoms. The minimum Gasteiger partial charge on any atom is -0.456 e. The molecule has 8 aromatic carbocycles. The first-order valence-electron chi connectivity index (χ1n) is 18.7. The smallest absolute Gasteiger partial charge is 0.136 e. The summed E-state index contributed by atoms with van der Waals surface area (Å²) in [6, 6.07) is 66.7. The summed E-state index contributed by atoms with van der Waals surface area (Å²) in [4.78, 5) is 2.34. The summed E-state index contributed by atoms with van der Waals surface area (Å²) in [5.41, 5.74) is 14.3. The summed E-state index contributed by atoms with van der Waals surface area (Å²) >= 11 is 0. The Balaban J connectivity index is 1.13. The van der Waals surface area contributed by atoms with Gasteiger partial charge in [-0.2, -0.15) is 0 Å². The van der Waals surface area contributed by atoms with Crippen molar-refractivity contribution in [3.05, 3.63) is 224 Å². The van der Waals surface area contributed by atoms with Gasteiger partial charge in [0, 0.05) is 27.8 Å². The third-order valence-corrected chi connectivity index (χ3v) is 10.4. The van der Waals surface area contributed by atoms with E-state index in [4.69, 9.17) is 4.42 Å². The molecular formula is C53H39NO. The van der Waals surface area contributed by atoms with E-state index in [1.54, 1.807) is 0 Å². The zero-order chi connectivity index (χ0) is 37.1. The fourth-order valence-corrected chi connectivity index (χ4v) is 7.75. The molecule has 0 fully saturated rings. The van der Waals surface area contributed by atoms with Crippen LogP contribution in [0.2, 0.25) is 0 Å². The Bertz CT molecular complexity index is 2870. The second kappa shape index (κ2) is 14.7. The maximum absolute atomic E-state index is 6.23. The molecule has 9 aromatic rings. The van der Waals surface area contributed by atoms with E-state index in [0.717, 1.165) is 61.3 Å². The Hall–Kier alpha value is -7.16. The summed E-state index contributed by atoms with van der Waals surface area (Å²) in [7, 11) is 0. The van der Waals surface area contributed by atoms with Crippen LogP contribution in [0.4, 0.5) is 17.1 Å². The van der Waals surface area contributed by atoms with Crippen LogP contribution in [-0.2, 0) is 0 Å². The van der Waals surface area contributed by atoms with Gasteiger partial charge in [-0.1, -0.05) is 164 Å². The molecule has 1 aromatic heterocycles. The van der Waals surface area contributed by atoms with Gasteiger partial charge in [0.2, 0.25) is 0 Å². The third kappa shape index (κ3) is 6.56. The number of nitrogens with zero attached hydrogens (tertiary/aromatic N) is 1. The van der Waals surface area contributed by atoms with Gasteiger partial charge in [0.05, 0.1) is 0 Å². The number of hydrogen-bond donors (Lipinski definition) is 0. The zero-order valence-corrected chi connectivity index (χ0v) is 30.7. The van der Waals surface area contributed by atoms with E-state index in [9.17, 15) is 0 Å². The number of anilines is 3. The lowest BCUT2D eigenvalue weighted by molar-refractivity contribution is 0.669. The number of hydrogen-bond acceptors (Lipinski definition) is 2. The molecule has 0 saturated carbocycles. The molecule has 1 heterocycles. The fourth-order valence-electron chi connectivity index (χ4n) is 7.75. The van der Waals surface area contributed by atoms with Gasteiger partial charge in [0.15, 0.2) is 0 Å². The number of benzene rings is 8. The molecule has 0 bridgehead atoms. The van der Waals surface area contributed by atoms with Crippen molar-refractivity contribution >= 4 is 60.9 Å². The second-order valence-electron chi connectivity index (χ2n) is 13.8. The Kier molecular flexibility index (Phi) is 8.99. The van der Waals surface area contributed by atoms with E-state index in [-0.39, 0.29) is 0 Å². The van der Waals surface area contributed by atoms with Gasteiger partial charge in [-0.05, 0) is 111 Å². The van der Waals surface area contributed by atoms with Crippen LogP contribution in [0.1, 0.15) is 18.1 Å². The molecule has 0 unspecified atom stereocenters. The van der Waals surface area contributed by atoms with E-state index in [1.165, 1.54) is 33.0 Å². The van der Waals surface area contributed by atoms with Gasteiger partial charge in [-0.3, -0.25) is 0 Å². The molecule has 0 atom stereocenters. The van der Waals surface area contributed by atoms with Crippen LogP contribution in [0.3, 0.4) is 0 Å². The third-order valence-electron chi connectivity index (χ3n) is 10.4. The molecule has 0 saturated heterocycles. The minimum absolute atomic E-state index is 0.896. The van der Waals surface area contributed by atoms with Crippen molar-refractivity contribution in [2.24, 2.45) is 0 Å². The first kappa shape index (κ1) is 33.7. The highest BCUT2D eigenvalue weighted by Crippen LogP contribution is 2.41. The molecule has 0 N–H and O–H groups in total. The standard InChI is InChI=1S/C53H39NO/c1-3-14-42(35-37(2)47-23-12-18-40-17-7-8-21-48(40)47)43-19-11-20-46(36-43)54(44-31-27-39(28-32-44)38-15-5-4-6-16-38)45-33-29-41(30-34-45)49-24-13-26-52-53(49)50-22-9-10-25-51(50)55-52/h3-36H,1H2,2H3/b37-35+,42-14+. The van der Waals surface area contributed by atoms with Crippen molar-refractivity contribution in [1.29, 1.82) is 0 Å². The number of fused-ring (bicyclic) bond motifs is 4. The van der Waals surface area contributed by atoms with Crippen molar-refractivity contribution in [3.63, 3.8) is 0 Å². The zero-order valence-electron chi connectivity index (χ0n) is 30.7. The molecule has 0 amide bonds. The predicted octanol–water partition coefficient (Wildman–Crippen LogP) is 15.2. The van der Waals surface area contributed by atoms with E-state index in [2.05, 4.69) is 206 Å². The highest BCUT2D eigenvalue weighted by Gasteiger charge is 2.17. The van der Waals surface area contributed by atoms with Crippen molar-refractivity contribution in [2.75, 3.05) is 4.90 Å². The van der Waals surface area contributed by atoms with Gasteiger partial charge in [-0.15, -0.1) is 0 Å². The first-order valence-corrected chi connectivity index (χ1v) is 18.7. The predicted molar refractivity (Wildman–Crippen MR) is 235 cm³/mol. The summed E-state index contributed by atoms with van der Waals surface area (Å²) in [5.74, 6) is 0. The van der Waals surface area contributed by atoms with E-state index in [0.29, 0.717) is 0 Å². The SMILES string of the molecule is C=C/C=C(\C=C(/C)c1cccc2ccccc12)c1cccc(N(c2ccc(-c3ccccc3)cc2)c2ccc(-c3cccc4oc5ccccc5c34)cc2)c1. The lowest BCUT2D eigenvalue weighted by Crippen LogP contribution is -2.10. The Labute approximate surface area is 322 Å². The quantitative estimate of drug-likeness (QED) is 0.139. The molecular weight excluding hydrogens is 667 g/mol. The monoisotopic (exact) mass is 705 g/mol. The average Bonchev–Trinajstić information content (AvgIpc) is 3.63. The van der Waals surface area contributed by atoms with Crippen LogP contribution in [0.15, 0.2) is 217 Å². The van der Waals surface area contributed by atoms with Gasteiger partial charge >= 0.3 is 0 Å². The highest BCUT2D eigenvalue weighted by atomic mass is 16.3. The molecule has 0 aliphatic rings. The summed E-state index contributed by atoms with van der Waals surface area (Å²) in [5, 5.41) is 4.75. The second-order valence-corrected chi connectivity index (χ2v) is 13.8. The highest BCUT2D eigenvalue weighted by molar-refractivity contribution is 6.12. The van der Waals surface area contributed by atoms with E-state index < -0.39 is 0 Å². The summed E-state index contributed by atoms with van der Waals surface area (Å²) in [6.07, 6.45) is 6.25. The Morgan fingerprint density at radius 1 is 0.527 bits per heavy atom. The Morgan fingerprint density at radius 2 is 1.15 bits per heavy atom. The lowest BCUT2D eigenvalue weighted by Gasteiger charge is -2.26. The van der Waals surface area contributed by atoms with Crippen molar-refractivity contribution in [1.82, 2.24) is 0 Å². The maximum atomic E-state index is 6.23. The van der Waals surface area contributed by atoms with Crippen molar-refractivity contribution in [2.45, 2.75) is 6.92 Å².